The topological polar surface area (TPSA) is 87.7 Å². The number of amides is 3. The molecule has 2 aromatic rings. The van der Waals surface area contributed by atoms with E-state index in [-0.39, 0.29) is 24.1 Å². The fourth-order valence-corrected chi connectivity index (χ4v) is 3.61. The van der Waals surface area contributed by atoms with Crippen LogP contribution in [0.3, 0.4) is 0 Å². The summed E-state index contributed by atoms with van der Waals surface area (Å²) in [6, 6.07) is 15.0. The summed E-state index contributed by atoms with van der Waals surface area (Å²) in [5, 5.41) is 5.55. The summed E-state index contributed by atoms with van der Waals surface area (Å²) < 4.78 is 5.36. The van der Waals surface area contributed by atoms with Crippen LogP contribution in [0.1, 0.15) is 24.0 Å². The minimum absolute atomic E-state index is 0.0473. The molecule has 158 valence electrons. The van der Waals surface area contributed by atoms with E-state index < -0.39 is 5.92 Å². The number of aryl methyl sites for hydroxylation is 1. The molecule has 7 nitrogen and oxygen atoms in total. The van der Waals surface area contributed by atoms with E-state index in [1.54, 1.807) is 19.1 Å². The number of benzene rings is 2. The summed E-state index contributed by atoms with van der Waals surface area (Å²) in [5.74, 6) is 0.0270. The lowest BCUT2D eigenvalue weighted by molar-refractivity contribution is -0.128. The Labute approximate surface area is 176 Å². The first-order valence-corrected chi connectivity index (χ1v) is 10.0. The number of likely N-dealkylation sites (tertiary alicyclic amines) is 1. The molecule has 1 fully saturated rings. The van der Waals surface area contributed by atoms with Gasteiger partial charge in [0.1, 0.15) is 5.75 Å². The van der Waals surface area contributed by atoms with Crippen molar-refractivity contribution in [3.8, 4) is 5.75 Å². The average Bonchev–Trinajstić information content (AvgIpc) is 3.13. The Morgan fingerprint density at radius 2 is 1.80 bits per heavy atom. The largest absolute Gasteiger partial charge is 0.496 e. The van der Waals surface area contributed by atoms with Crippen LogP contribution in [0.4, 0.5) is 5.69 Å². The van der Waals surface area contributed by atoms with Gasteiger partial charge in [-0.15, -0.1) is 0 Å². The van der Waals surface area contributed by atoms with Crippen LogP contribution in [0, 0.1) is 5.92 Å². The molecule has 0 spiro atoms. The van der Waals surface area contributed by atoms with Crippen LogP contribution in [-0.2, 0) is 27.3 Å². The van der Waals surface area contributed by atoms with Gasteiger partial charge in [0.2, 0.25) is 17.7 Å². The summed E-state index contributed by atoms with van der Waals surface area (Å²) in [7, 11) is 3.20. The van der Waals surface area contributed by atoms with E-state index in [9.17, 15) is 14.4 Å². The van der Waals surface area contributed by atoms with Gasteiger partial charge < -0.3 is 20.3 Å². The zero-order valence-electron chi connectivity index (χ0n) is 17.3. The van der Waals surface area contributed by atoms with Crippen LogP contribution in [0.5, 0.6) is 5.75 Å². The molecule has 1 heterocycles. The van der Waals surface area contributed by atoms with Crippen LogP contribution < -0.4 is 15.4 Å². The van der Waals surface area contributed by atoms with Crippen LogP contribution >= 0.6 is 0 Å². The molecule has 1 atom stereocenters. The second-order valence-electron chi connectivity index (χ2n) is 7.31. The van der Waals surface area contributed by atoms with Gasteiger partial charge in [0.15, 0.2) is 0 Å². The number of ether oxygens (including phenoxy) is 1. The number of hydrogen-bond donors (Lipinski definition) is 2. The summed E-state index contributed by atoms with van der Waals surface area (Å²) in [5.41, 5.74) is 2.49. The molecule has 3 rings (SSSR count). The van der Waals surface area contributed by atoms with Crippen molar-refractivity contribution in [2.75, 3.05) is 26.0 Å². The number of carbonyl (C=O) groups excluding carboxylic acids is 3. The Morgan fingerprint density at radius 3 is 2.53 bits per heavy atom. The number of nitrogens with zero attached hydrogens (tertiary/aromatic N) is 1. The fourth-order valence-electron chi connectivity index (χ4n) is 3.61. The summed E-state index contributed by atoms with van der Waals surface area (Å²) >= 11 is 0. The smallest absolute Gasteiger partial charge is 0.229 e. The van der Waals surface area contributed by atoms with Crippen LogP contribution in [0.15, 0.2) is 48.5 Å². The van der Waals surface area contributed by atoms with Crippen molar-refractivity contribution in [1.29, 1.82) is 0 Å². The van der Waals surface area contributed by atoms with E-state index in [4.69, 9.17) is 4.74 Å². The normalized spacial score (nSPS) is 15.7. The minimum Gasteiger partial charge on any atom is -0.496 e. The number of anilines is 1. The molecule has 0 radical (unpaired) electrons. The maximum Gasteiger partial charge on any atom is 0.229 e. The van der Waals surface area contributed by atoms with Gasteiger partial charge in [-0.3, -0.25) is 14.4 Å². The Morgan fingerprint density at radius 1 is 1.10 bits per heavy atom. The lowest BCUT2D eigenvalue weighted by Gasteiger charge is -2.18. The highest BCUT2D eigenvalue weighted by molar-refractivity contribution is 5.97. The predicted molar refractivity (Wildman–Crippen MR) is 114 cm³/mol. The second-order valence-corrected chi connectivity index (χ2v) is 7.31. The van der Waals surface area contributed by atoms with Gasteiger partial charge in [0.25, 0.3) is 0 Å². The maximum absolute atomic E-state index is 12.8. The molecular weight excluding hydrogens is 382 g/mol. The Bertz CT molecular complexity index is 928. The van der Waals surface area contributed by atoms with Gasteiger partial charge >= 0.3 is 0 Å². The van der Waals surface area contributed by atoms with E-state index in [1.807, 2.05) is 48.5 Å². The van der Waals surface area contributed by atoms with Crippen molar-refractivity contribution in [2.24, 2.45) is 5.92 Å². The number of rotatable bonds is 8. The molecule has 3 amide bonds. The second kappa shape index (κ2) is 9.91. The quantitative estimate of drug-likeness (QED) is 0.701. The Balaban J connectivity index is 1.63. The van der Waals surface area contributed by atoms with E-state index in [1.165, 1.54) is 0 Å². The molecular formula is C23H27N3O4. The molecule has 0 aliphatic carbocycles. The van der Waals surface area contributed by atoms with Gasteiger partial charge in [-0.25, -0.2) is 0 Å². The maximum atomic E-state index is 12.8. The monoisotopic (exact) mass is 409 g/mol. The van der Waals surface area contributed by atoms with E-state index >= 15 is 0 Å². The van der Waals surface area contributed by atoms with Gasteiger partial charge in [-0.05, 0) is 24.1 Å². The van der Waals surface area contributed by atoms with E-state index in [0.29, 0.717) is 31.6 Å². The first kappa shape index (κ1) is 21.4. The number of hydrogen-bond acceptors (Lipinski definition) is 4. The standard InChI is InChI=1S/C23H27N3O4/c1-24-21(27)12-11-16-7-3-5-9-19(16)25-23(29)18-13-22(28)26(15-18)14-17-8-4-6-10-20(17)30-2/h3-10,18H,11-15H2,1-2H3,(H,24,27)(H,25,29). The SMILES string of the molecule is CNC(=O)CCc1ccccc1NC(=O)C1CC(=O)N(Cc2ccccc2OC)C1. The molecule has 1 unspecified atom stereocenters. The molecule has 0 aromatic heterocycles. The molecule has 7 heteroatoms. The zero-order chi connectivity index (χ0) is 21.5. The molecule has 0 bridgehead atoms. The first-order chi connectivity index (χ1) is 14.5. The van der Waals surface area contributed by atoms with Crippen LogP contribution in [0.25, 0.3) is 0 Å². The molecule has 0 saturated carbocycles. The lowest BCUT2D eigenvalue weighted by Crippen LogP contribution is -2.28. The third-order valence-corrected chi connectivity index (χ3v) is 5.31. The number of nitrogens with one attached hydrogen (secondary N) is 2. The number of para-hydroxylation sites is 2. The van der Waals surface area contributed by atoms with Crippen molar-refractivity contribution >= 4 is 23.4 Å². The van der Waals surface area contributed by atoms with E-state index in [2.05, 4.69) is 10.6 Å². The van der Waals surface area contributed by atoms with Gasteiger partial charge in [-0.1, -0.05) is 36.4 Å². The zero-order valence-corrected chi connectivity index (χ0v) is 17.3. The Kier molecular flexibility index (Phi) is 7.06. The molecule has 1 aliphatic heterocycles. The predicted octanol–water partition coefficient (Wildman–Crippen LogP) is 2.36. The highest BCUT2D eigenvalue weighted by Crippen LogP contribution is 2.26. The van der Waals surface area contributed by atoms with Crippen molar-refractivity contribution < 1.29 is 19.1 Å². The summed E-state index contributed by atoms with van der Waals surface area (Å²) in [6.07, 6.45) is 1.05. The van der Waals surface area contributed by atoms with Gasteiger partial charge in [0.05, 0.1) is 13.0 Å². The summed E-state index contributed by atoms with van der Waals surface area (Å²) in [6.45, 7) is 0.776. The first-order valence-electron chi connectivity index (χ1n) is 10.0. The van der Waals surface area contributed by atoms with Crippen molar-refractivity contribution in [2.45, 2.75) is 25.8 Å². The molecule has 2 aromatic carbocycles. The summed E-state index contributed by atoms with van der Waals surface area (Å²) in [4.78, 5) is 38.6. The highest BCUT2D eigenvalue weighted by atomic mass is 16.5. The van der Waals surface area contributed by atoms with Crippen molar-refractivity contribution in [1.82, 2.24) is 10.2 Å². The van der Waals surface area contributed by atoms with Crippen molar-refractivity contribution in [3.63, 3.8) is 0 Å². The molecule has 1 aliphatic rings. The highest BCUT2D eigenvalue weighted by Gasteiger charge is 2.34. The lowest BCUT2D eigenvalue weighted by atomic mass is 10.0. The molecule has 30 heavy (non-hydrogen) atoms. The third kappa shape index (κ3) is 5.17. The Hall–Kier alpha value is -3.35. The van der Waals surface area contributed by atoms with Gasteiger partial charge in [0, 0.05) is 44.2 Å². The number of carbonyl (C=O) groups is 3. The van der Waals surface area contributed by atoms with Crippen LogP contribution in [-0.4, -0.2) is 43.3 Å². The fraction of sp³-hybridized carbons (Fsp3) is 0.348. The van der Waals surface area contributed by atoms with Gasteiger partial charge in [-0.2, -0.15) is 0 Å². The van der Waals surface area contributed by atoms with Crippen LogP contribution in [0.2, 0.25) is 0 Å². The average molecular weight is 409 g/mol. The van der Waals surface area contributed by atoms with E-state index in [0.717, 1.165) is 16.9 Å². The third-order valence-electron chi connectivity index (χ3n) is 5.31. The molecule has 2 N–H and O–H groups in total. The number of methoxy groups -OCH3 is 1. The minimum atomic E-state index is -0.417. The van der Waals surface area contributed by atoms with Crippen molar-refractivity contribution in [3.05, 3.63) is 59.7 Å². The molecule has 1 saturated heterocycles.